The van der Waals surface area contributed by atoms with Crippen molar-refractivity contribution in [3.05, 3.63) is 39.8 Å². The predicted molar refractivity (Wildman–Crippen MR) is 90.0 cm³/mol. The lowest BCUT2D eigenvalue weighted by Gasteiger charge is -2.31. The minimum Gasteiger partial charge on any atom is -0.320 e. The van der Waals surface area contributed by atoms with Crippen LogP contribution in [0.2, 0.25) is 0 Å². The summed E-state index contributed by atoms with van der Waals surface area (Å²) in [4.78, 5) is 21.9. The number of fused-ring (bicyclic) bond motifs is 1. The van der Waals surface area contributed by atoms with Crippen LogP contribution in [0.15, 0.2) is 23.1 Å². The molecule has 0 bridgehead atoms. The van der Waals surface area contributed by atoms with Crippen molar-refractivity contribution in [3.8, 4) is 0 Å². The average molecular weight is 299 g/mol. The van der Waals surface area contributed by atoms with Gasteiger partial charge in [0.1, 0.15) is 0 Å². The van der Waals surface area contributed by atoms with Crippen LogP contribution in [-0.2, 0) is 13.0 Å². The quantitative estimate of drug-likeness (QED) is 0.943. The fraction of sp³-hybridized carbons (Fsp3) is 0.556. The van der Waals surface area contributed by atoms with Gasteiger partial charge in [-0.3, -0.25) is 14.7 Å². The van der Waals surface area contributed by atoms with Gasteiger partial charge in [0.2, 0.25) is 0 Å². The van der Waals surface area contributed by atoms with E-state index in [-0.39, 0.29) is 5.56 Å². The molecule has 4 nitrogen and oxygen atoms in total. The molecule has 2 aromatic rings. The molecule has 1 aliphatic rings. The van der Waals surface area contributed by atoms with Gasteiger partial charge in [0, 0.05) is 18.3 Å². The number of aryl methyl sites for hydroxylation is 1. The van der Waals surface area contributed by atoms with Crippen molar-refractivity contribution < 1.29 is 0 Å². The smallest absolute Gasteiger partial charge is 0.251 e. The van der Waals surface area contributed by atoms with Crippen LogP contribution in [0.3, 0.4) is 0 Å². The summed E-state index contributed by atoms with van der Waals surface area (Å²) in [6.45, 7) is 7.54. The Kier molecular flexibility index (Phi) is 4.57. The Bertz CT molecular complexity index is 699. The molecule has 0 amide bonds. The van der Waals surface area contributed by atoms with Gasteiger partial charge in [0.15, 0.2) is 0 Å². The highest BCUT2D eigenvalue weighted by Crippen LogP contribution is 2.21. The van der Waals surface area contributed by atoms with Crippen molar-refractivity contribution >= 4 is 11.0 Å². The Morgan fingerprint density at radius 3 is 2.73 bits per heavy atom. The lowest BCUT2D eigenvalue weighted by Crippen LogP contribution is -2.33. The average Bonchev–Trinajstić information content (AvgIpc) is 2.55. The maximum atomic E-state index is 11.9. The second-order valence-corrected chi connectivity index (χ2v) is 6.38. The molecule has 3 rings (SSSR count). The van der Waals surface area contributed by atoms with Gasteiger partial charge in [-0.1, -0.05) is 20.3 Å². The number of likely N-dealkylation sites (tertiary alicyclic amines) is 1. The molecule has 1 aliphatic heterocycles. The van der Waals surface area contributed by atoms with E-state index in [0.29, 0.717) is 0 Å². The molecule has 0 aliphatic carbocycles. The minimum atomic E-state index is 0.0118. The monoisotopic (exact) mass is 299 g/mol. The molecule has 1 N–H and O–H groups in total. The molecular formula is C18H25N3O. The third-order valence-corrected chi connectivity index (χ3v) is 4.90. The summed E-state index contributed by atoms with van der Waals surface area (Å²) >= 11 is 0. The number of aromatic amines is 1. The molecule has 0 unspecified atom stereocenters. The first kappa shape index (κ1) is 15.2. The van der Waals surface area contributed by atoms with Gasteiger partial charge < -0.3 is 4.98 Å². The first-order valence-corrected chi connectivity index (χ1v) is 8.42. The molecule has 0 radical (unpaired) electrons. The van der Waals surface area contributed by atoms with Crippen LogP contribution in [0.5, 0.6) is 0 Å². The normalized spacial score (nSPS) is 17.2. The molecule has 0 aromatic carbocycles. The van der Waals surface area contributed by atoms with Crippen LogP contribution in [0.1, 0.15) is 44.2 Å². The van der Waals surface area contributed by atoms with E-state index in [0.717, 1.165) is 35.5 Å². The zero-order valence-corrected chi connectivity index (χ0v) is 13.6. The number of piperidine rings is 1. The number of nitrogens with zero attached hydrogens (tertiary/aromatic N) is 2. The fourth-order valence-electron chi connectivity index (χ4n) is 3.33. The summed E-state index contributed by atoms with van der Waals surface area (Å²) in [6, 6.07) is 3.99. The molecule has 0 spiro atoms. The van der Waals surface area contributed by atoms with Crippen LogP contribution in [0.25, 0.3) is 11.0 Å². The Morgan fingerprint density at radius 1 is 1.27 bits per heavy atom. The number of aromatic nitrogens is 2. The third kappa shape index (κ3) is 3.22. The summed E-state index contributed by atoms with van der Waals surface area (Å²) in [6.07, 6.45) is 6.59. The molecule has 1 fully saturated rings. The van der Waals surface area contributed by atoms with Crippen molar-refractivity contribution in [3.63, 3.8) is 0 Å². The largest absolute Gasteiger partial charge is 0.320 e. The second kappa shape index (κ2) is 6.61. The lowest BCUT2D eigenvalue weighted by atomic mass is 9.94. The summed E-state index contributed by atoms with van der Waals surface area (Å²) in [5.74, 6) is 0.898. The molecule has 22 heavy (non-hydrogen) atoms. The number of hydrogen-bond donors (Lipinski definition) is 1. The van der Waals surface area contributed by atoms with Crippen molar-refractivity contribution in [2.75, 3.05) is 13.1 Å². The number of pyridine rings is 2. The van der Waals surface area contributed by atoms with Gasteiger partial charge in [-0.05, 0) is 56.0 Å². The zero-order chi connectivity index (χ0) is 15.5. The number of rotatable bonds is 4. The Balaban J connectivity index is 1.76. The Labute approximate surface area is 131 Å². The van der Waals surface area contributed by atoms with E-state index < -0.39 is 0 Å². The number of hydrogen-bond acceptors (Lipinski definition) is 3. The summed E-state index contributed by atoms with van der Waals surface area (Å²) in [7, 11) is 0. The van der Waals surface area contributed by atoms with Gasteiger partial charge in [-0.15, -0.1) is 0 Å². The summed E-state index contributed by atoms with van der Waals surface area (Å²) < 4.78 is 0. The molecular weight excluding hydrogens is 274 g/mol. The third-order valence-electron chi connectivity index (χ3n) is 4.90. The Morgan fingerprint density at radius 2 is 2.05 bits per heavy atom. The molecule has 2 aromatic heterocycles. The van der Waals surface area contributed by atoms with E-state index in [2.05, 4.69) is 27.9 Å². The van der Waals surface area contributed by atoms with E-state index >= 15 is 0 Å². The highest BCUT2D eigenvalue weighted by molar-refractivity contribution is 5.74. The van der Waals surface area contributed by atoms with Crippen LogP contribution < -0.4 is 5.56 Å². The molecule has 0 atom stereocenters. The standard InChI is InChI=1S/C18H25N3O/c1-3-13-5-7-21(8-6-13)12-14-9-17-16(19-11-14)10-15(4-2)18(22)20-17/h9-11,13H,3-8,12H2,1-2H3,(H,20,22). The van der Waals surface area contributed by atoms with E-state index in [1.807, 2.05) is 19.2 Å². The maximum Gasteiger partial charge on any atom is 0.251 e. The van der Waals surface area contributed by atoms with E-state index in [9.17, 15) is 4.79 Å². The van der Waals surface area contributed by atoms with Crippen molar-refractivity contribution in [2.45, 2.75) is 46.1 Å². The topological polar surface area (TPSA) is 49.0 Å². The lowest BCUT2D eigenvalue weighted by molar-refractivity contribution is 0.175. The molecule has 0 saturated carbocycles. The molecule has 1 saturated heterocycles. The second-order valence-electron chi connectivity index (χ2n) is 6.38. The highest BCUT2D eigenvalue weighted by atomic mass is 16.1. The van der Waals surface area contributed by atoms with E-state index in [1.54, 1.807) is 0 Å². The van der Waals surface area contributed by atoms with Gasteiger partial charge in [-0.25, -0.2) is 0 Å². The summed E-state index contributed by atoms with van der Waals surface area (Å²) in [5.41, 5.74) is 3.72. The Hall–Kier alpha value is -1.68. The van der Waals surface area contributed by atoms with Crippen molar-refractivity contribution in [1.29, 1.82) is 0 Å². The maximum absolute atomic E-state index is 11.9. The molecule has 118 valence electrons. The van der Waals surface area contributed by atoms with Crippen LogP contribution in [0.4, 0.5) is 0 Å². The number of H-pyrrole nitrogens is 1. The first-order chi connectivity index (χ1) is 10.7. The van der Waals surface area contributed by atoms with Gasteiger partial charge in [-0.2, -0.15) is 0 Å². The number of nitrogens with one attached hydrogen (secondary N) is 1. The van der Waals surface area contributed by atoms with Gasteiger partial charge >= 0.3 is 0 Å². The predicted octanol–water partition coefficient (Wildman–Crippen LogP) is 3.11. The highest BCUT2D eigenvalue weighted by Gasteiger charge is 2.17. The van der Waals surface area contributed by atoms with Crippen molar-refractivity contribution in [2.24, 2.45) is 5.92 Å². The fourth-order valence-corrected chi connectivity index (χ4v) is 3.33. The van der Waals surface area contributed by atoms with Crippen molar-refractivity contribution in [1.82, 2.24) is 14.9 Å². The van der Waals surface area contributed by atoms with Crippen LogP contribution in [0, 0.1) is 5.92 Å². The van der Waals surface area contributed by atoms with Crippen LogP contribution in [-0.4, -0.2) is 28.0 Å². The first-order valence-electron chi connectivity index (χ1n) is 8.42. The summed E-state index contributed by atoms with van der Waals surface area (Å²) in [5, 5.41) is 0. The molecule has 4 heteroatoms. The zero-order valence-electron chi connectivity index (χ0n) is 13.6. The SMILES string of the molecule is CCc1cc2ncc(CN3CCC(CC)CC3)cc2[nH]c1=O. The van der Waals surface area contributed by atoms with E-state index in [4.69, 9.17) is 0 Å². The van der Waals surface area contributed by atoms with Crippen LogP contribution >= 0.6 is 0 Å². The minimum absolute atomic E-state index is 0.0118. The van der Waals surface area contributed by atoms with Gasteiger partial charge in [0.25, 0.3) is 5.56 Å². The molecule has 3 heterocycles. The van der Waals surface area contributed by atoms with Gasteiger partial charge in [0.05, 0.1) is 11.0 Å². The van der Waals surface area contributed by atoms with E-state index in [1.165, 1.54) is 37.9 Å².